The summed E-state index contributed by atoms with van der Waals surface area (Å²) in [6, 6.07) is 6.25. The zero-order chi connectivity index (χ0) is 13.4. The molecule has 2 aromatic rings. The van der Waals surface area contributed by atoms with Crippen LogP contribution in [0.3, 0.4) is 0 Å². The Morgan fingerprint density at radius 3 is 2.95 bits per heavy atom. The highest BCUT2D eigenvalue weighted by atomic mass is 79.9. The minimum absolute atomic E-state index is 0.112. The van der Waals surface area contributed by atoms with E-state index in [2.05, 4.69) is 20.9 Å². The molecule has 96 valence electrons. The average Bonchev–Trinajstić information content (AvgIpc) is 2.80. The van der Waals surface area contributed by atoms with Crippen LogP contribution in [0.15, 0.2) is 41.1 Å². The molecule has 1 aliphatic rings. The number of halogens is 2. The van der Waals surface area contributed by atoms with Gasteiger partial charge in [0, 0.05) is 29.1 Å². The maximum Gasteiger partial charge on any atom is 0.259 e. The number of pyridine rings is 1. The van der Waals surface area contributed by atoms with E-state index in [1.165, 1.54) is 18.3 Å². The van der Waals surface area contributed by atoms with Gasteiger partial charge in [-0.15, -0.1) is 0 Å². The van der Waals surface area contributed by atoms with E-state index in [-0.39, 0.29) is 11.7 Å². The van der Waals surface area contributed by atoms with E-state index in [4.69, 9.17) is 0 Å². The molecule has 5 heteroatoms. The van der Waals surface area contributed by atoms with E-state index in [0.29, 0.717) is 18.5 Å². The molecule has 19 heavy (non-hydrogen) atoms. The molecular formula is C14H10BrFN2O. The molecule has 0 unspecified atom stereocenters. The van der Waals surface area contributed by atoms with E-state index in [9.17, 15) is 9.18 Å². The number of rotatable bonds is 1. The van der Waals surface area contributed by atoms with E-state index in [1.807, 2.05) is 0 Å². The largest absolute Gasteiger partial charge is 0.308 e. The fraction of sp³-hybridized carbons (Fsp3) is 0.143. The molecule has 0 saturated carbocycles. The number of fused-ring (bicyclic) bond motifs is 1. The SMILES string of the molecule is O=C(c1cncc(Br)c1)N1CCc2cc(F)ccc21. The Morgan fingerprint density at radius 1 is 1.32 bits per heavy atom. The lowest BCUT2D eigenvalue weighted by atomic mass is 10.1. The van der Waals surface area contributed by atoms with Crippen molar-refractivity contribution in [1.29, 1.82) is 0 Å². The van der Waals surface area contributed by atoms with Gasteiger partial charge in [-0.1, -0.05) is 0 Å². The van der Waals surface area contributed by atoms with Crippen molar-refractivity contribution in [2.45, 2.75) is 6.42 Å². The van der Waals surface area contributed by atoms with E-state index in [1.54, 1.807) is 23.2 Å². The zero-order valence-corrected chi connectivity index (χ0v) is 11.5. The Morgan fingerprint density at radius 2 is 2.16 bits per heavy atom. The van der Waals surface area contributed by atoms with Crippen molar-refractivity contribution in [3.8, 4) is 0 Å². The van der Waals surface area contributed by atoms with Crippen molar-refractivity contribution in [3.63, 3.8) is 0 Å². The lowest BCUT2D eigenvalue weighted by Crippen LogP contribution is -2.28. The highest BCUT2D eigenvalue weighted by Crippen LogP contribution is 2.30. The number of hydrogen-bond acceptors (Lipinski definition) is 2. The minimum Gasteiger partial charge on any atom is -0.308 e. The summed E-state index contributed by atoms with van der Waals surface area (Å²) < 4.78 is 13.9. The third-order valence-corrected chi connectivity index (χ3v) is 3.57. The zero-order valence-electron chi connectivity index (χ0n) is 9.94. The third-order valence-electron chi connectivity index (χ3n) is 3.13. The second kappa shape index (κ2) is 4.74. The molecule has 0 atom stereocenters. The summed E-state index contributed by atoms with van der Waals surface area (Å²) >= 11 is 3.30. The Hall–Kier alpha value is -1.75. The molecule has 1 aromatic heterocycles. The van der Waals surface area contributed by atoms with Gasteiger partial charge < -0.3 is 4.90 Å². The van der Waals surface area contributed by atoms with Gasteiger partial charge in [-0.3, -0.25) is 9.78 Å². The topological polar surface area (TPSA) is 33.2 Å². The van der Waals surface area contributed by atoms with Crippen LogP contribution in [-0.2, 0) is 6.42 Å². The molecule has 3 nitrogen and oxygen atoms in total. The van der Waals surface area contributed by atoms with Crippen LogP contribution in [0.4, 0.5) is 10.1 Å². The van der Waals surface area contributed by atoms with Crippen LogP contribution in [0.5, 0.6) is 0 Å². The summed E-state index contributed by atoms with van der Waals surface area (Å²) in [7, 11) is 0. The van der Waals surface area contributed by atoms with Gasteiger partial charge in [-0.25, -0.2) is 4.39 Å². The summed E-state index contributed by atoms with van der Waals surface area (Å²) in [4.78, 5) is 18.1. The van der Waals surface area contributed by atoms with Crippen LogP contribution >= 0.6 is 15.9 Å². The Balaban J connectivity index is 1.95. The molecule has 0 fully saturated rings. The number of anilines is 1. The Labute approximate surface area is 118 Å². The van der Waals surface area contributed by atoms with Crippen molar-refractivity contribution >= 4 is 27.5 Å². The number of aromatic nitrogens is 1. The van der Waals surface area contributed by atoms with Crippen molar-refractivity contribution in [1.82, 2.24) is 4.98 Å². The van der Waals surface area contributed by atoms with Crippen molar-refractivity contribution < 1.29 is 9.18 Å². The Kier molecular flexibility index (Phi) is 3.06. The van der Waals surface area contributed by atoms with E-state index < -0.39 is 0 Å². The molecule has 3 rings (SSSR count). The predicted molar refractivity (Wildman–Crippen MR) is 73.7 cm³/mol. The van der Waals surface area contributed by atoms with Gasteiger partial charge in [0.25, 0.3) is 5.91 Å². The molecule has 0 spiro atoms. The summed E-state index contributed by atoms with van der Waals surface area (Å²) in [6.07, 6.45) is 3.85. The van der Waals surface area contributed by atoms with Crippen LogP contribution in [0, 0.1) is 5.82 Å². The maximum atomic E-state index is 13.1. The summed E-state index contributed by atoms with van der Waals surface area (Å²) in [5.41, 5.74) is 2.18. The summed E-state index contributed by atoms with van der Waals surface area (Å²) in [6.45, 7) is 0.574. The first-order valence-corrected chi connectivity index (χ1v) is 6.65. The average molecular weight is 321 g/mol. The lowest BCUT2D eigenvalue weighted by molar-refractivity contribution is 0.0989. The van der Waals surface area contributed by atoms with Crippen LogP contribution < -0.4 is 4.90 Å². The summed E-state index contributed by atoms with van der Waals surface area (Å²) in [5.74, 6) is -0.378. The molecule has 2 heterocycles. The van der Waals surface area contributed by atoms with Gasteiger partial charge in [0.15, 0.2) is 0 Å². The smallest absolute Gasteiger partial charge is 0.259 e. The molecule has 0 bridgehead atoms. The fourth-order valence-electron chi connectivity index (χ4n) is 2.27. The third kappa shape index (κ3) is 2.26. The van der Waals surface area contributed by atoms with Crippen molar-refractivity contribution in [2.24, 2.45) is 0 Å². The maximum absolute atomic E-state index is 13.1. The quantitative estimate of drug-likeness (QED) is 0.808. The number of carbonyl (C=O) groups excluding carboxylic acids is 1. The first kappa shape index (κ1) is 12.3. The molecule has 0 N–H and O–H groups in total. The molecular weight excluding hydrogens is 311 g/mol. The highest BCUT2D eigenvalue weighted by molar-refractivity contribution is 9.10. The number of hydrogen-bond donors (Lipinski definition) is 0. The minimum atomic E-state index is -0.267. The number of amides is 1. The van der Waals surface area contributed by atoms with Crippen LogP contribution in [0.25, 0.3) is 0 Å². The monoisotopic (exact) mass is 320 g/mol. The van der Waals surface area contributed by atoms with Crippen LogP contribution in [-0.4, -0.2) is 17.4 Å². The number of benzene rings is 1. The van der Waals surface area contributed by atoms with Gasteiger partial charge in [0.05, 0.1) is 5.56 Å². The fourth-order valence-corrected chi connectivity index (χ4v) is 2.63. The van der Waals surface area contributed by atoms with E-state index >= 15 is 0 Å². The number of nitrogens with zero attached hydrogens (tertiary/aromatic N) is 2. The Bertz CT molecular complexity index is 660. The van der Waals surface area contributed by atoms with E-state index in [0.717, 1.165) is 15.7 Å². The first-order valence-electron chi connectivity index (χ1n) is 5.86. The first-order chi connectivity index (χ1) is 9.15. The van der Waals surface area contributed by atoms with Crippen LogP contribution in [0.1, 0.15) is 15.9 Å². The van der Waals surface area contributed by atoms with Crippen LogP contribution in [0.2, 0.25) is 0 Å². The standard InChI is InChI=1S/C14H10BrFN2O/c15-11-5-10(7-17-8-11)14(19)18-4-3-9-6-12(16)1-2-13(9)18/h1-2,5-8H,3-4H2. The molecule has 1 aromatic carbocycles. The molecule has 0 saturated heterocycles. The molecule has 0 radical (unpaired) electrons. The summed E-state index contributed by atoms with van der Waals surface area (Å²) in [5, 5.41) is 0. The second-order valence-electron chi connectivity index (χ2n) is 4.37. The molecule has 1 amide bonds. The van der Waals surface area contributed by atoms with Gasteiger partial charge in [0.1, 0.15) is 5.82 Å². The normalized spacial score (nSPS) is 13.5. The predicted octanol–water partition coefficient (Wildman–Crippen LogP) is 3.19. The second-order valence-corrected chi connectivity index (χ2v) is 5.29. The van der Waals surface area contributed by atoms with Crippen molar-refractivity contribution in [2.75, 3.05) is 11.4 Å². The highest BCUT2D eigenvalue weighted by Gasteiger charge is 2.26. The van der Waals surface area contributed by atoms with Gasteiger partial charge >= 0.3 is 0 Å². The van der Waals surface area contributed by atoms with Crippen molar-refractivity contribution in [3.05, 3.63) is 58.1 Å². The van der Waals surface area contributed by atoms with Gasteiger partial charge in [-0.05, 0) is 52.2 Å². The van der Waals surface area contributed by atoms with Gasteiger partial charge in [0.2, 0.25) is 0 Å². The molecule has 0 aliphatic carbocycles. The van der Waals surface area contributed by atoms with Gasteiger partial charge in [-0.2, -0.15) is 0 Å². The molecule has 1 aliphatic heterocycles. The lowest BCUT2D eigenvalue weighted by Gasteiger charge is -2.17. The number of carbonyl (C=O) groups is 1.